The molecule has 0 spiro atoms. The highest BCUT2D eigenvalue weighted by Gasteiger charge is 2.44. The van der Waals surface area contributed by atoms with Crippen LogP contribution in [0.25, 0.3) is 0 Å². The molecule has 0 fully saturated rings. The molecule has 0 amide bonds. The fourth-order valence-corrected chi connectivity index (χ4v) is 4.69. The molecule has 0 atom stereocenters. The van der Waals surface area contributed by atoms with Crippen LogP contribution in [-0.2, 0) is 12.0 Å². The van der Waals surface area contributed by atoms with Crippen LogP contribution in [0.3, 0.4) is 0 Å². The first kappa shape index (κ1) is 17.0. The minimum atomic E-state index is 0.0163. The Hall–Kier alpha value is -1.38. The summed E-state index contributed by atoms with van der Waals surface area (Å²) in [5.41, 5.74) is 2.21. The van der Waals surface area contributed by atoms with Crippen LogP contribution >= 0.6 is 11.3 Å². The third-order valence-electron chi connectivity index (χ3n) is 4.28. The van der Waals surface area contributed by atoms with Crippen molar-refractivity contribution in [2.45, 2.75) is 59.0 Å². The molecule has 4 nitrogen and oxygen atoms in total. The third kappa shape index (κ3) is 3.18. The Morgan fingerprint density at radius 1 is 1.32 bits per heavy atom. The second-order valence-corrected chi connectivity index (χ2v) is 8.27. The zero-order valence-electron chi connectivity index (χ0n) is 14.6. The first-order valence-electron chi connectivity index (χ1n) is 8.01. The van der Waals surface area contributed by atoms with Crippen LogP contribution < -0.4 is 10.6 Å². The van der Waals surface area contributed by atoms with Crippen molar-refractivity contribution < 1.29 is 9.89 Å². The maximum absolute atomic E-state index is 9.66. The SMILES string of the molecule is CC[N+](=CNc1sc2c(c1C#N)CC(C)(C)[NH2+]C2(C)C)CC. The van der Waals surface area contributed by atoms with Gasteiger partial charge in [-0.3, -0.25) is 4.58 Å². The molecule has 0 aromatic carbocycles. The lowest BCUT2D eigenvalue weighted by Crippen LogP contribution is -3.03. The van der Waals surface area contributed by atoms with E-state index in [1.165, 1.54) is 10.4 Å². The zero-order chi connectivity index (χ0) is 16.5. The van der Waals surface area contributed by atoms with Gasteiger partial charge in [0.2, 0.25) is 6.34 Å². The molecule has 1 aromatic heterocycles. The second-order valence-electron chi connectivity index (χ2n) is 7.25. The highest BCUT2D eigenvalue weighted by molar-refractivity contribution is 7.16. The van der Waals surface area contributed by atoms with Gasteiger partial charge in [-0.25, -0.2) is 5.32 Å². The van der Waals surface area contributed by atoms with Crippen LogP contribution in [-0.4, -0.2) is 29.5 Å². The van der Waals surface area contributed by atoms with Crippen LogP contribution in [0.15, 0.2) is 0 Å². The Bertz CT molecular complexity index is 626. The van der Waals surface area contributed by atoms with Gasteiger partial charge in [0.05, 0.1) is 23.5 Å². The largest absolute Gasteiger partial charge is 0.333 e. The predicted molar refractivity (Wildman–Crippen MR) is 92.8 cm³/mol. The lowest BCUT2D eigenvalue weighted by Gasteiger charge is -2.38. The fraction of sp³-hybridized carbons (Fsp3) is 0.647. The number of hydrogen-bond donors (Lipinski definition) is 2. The summed E-state index contributed by atoms with van der Waals surface area (Å²) in [4.78, 5) is 1.33. The molecular formula is C17H28N4S+2. The molecule has 1 aromatic rings. The summed E-state index contributed by atoms with van der Waals surface area (Å²) in [6.07, 6.45) is 2.94. The van der Waals surface area contributed by atoms with E-state index in [1.807, 2.05) is 6.34 Å². The van der Waals surface area contributed by atoms with E-state index in [2.05, 4.69) is 62.8 Å². The van der Waals surface area contributed by atoms with Crippen LogP contribution in [0, 0.1) is 11.3 Å². The van der Waals surface area contributed by atoms with Crippen molar-refractivity contribution in [2.75, 3.05) is 18.4 Å². The van der Waals surface area contributed by atoms with Crippen molar-refractivity contribution in [2.24, 2.45) is 0 Å². The summed E-state index contributed by atoms with van der Waals surface area (Å²) in [5.74, 6) is 0. The molecule has 5 heteroatoms. The Labute approximate surface area is 137 Å². The maximum atomic E-state index is 9.66. The molecule has 1 aliphatic rings. The highest BCUT2D eigenvalue weighted by atomic mass is 32.1. The summed E-state index contributed by atoms with van der Waals surface area (Å²) in [6.45, 7) is 15.2. The molecule has 0 saturated heterocycles. The molecule has 2 heterocycles. The lowest BCUT2D eigenvalue weighted by molar-refractivity contribution is -0.789. The molecule has 0 saturated carbocycles. The normalized spacial score (nSPS) is 18.2. The molecular weight excluding hydrogens is 292 g/mol. The summed E-state index contributed by atoms with van der Waals surface area (Å²) in [7, 11) is 0. The molecule has 1 aliphatic heterocycles. The minimum absolute atomic E-state index is 0.0163. The standard InChI is InChI=1S/C17H26N4S/c1-7-21(8-2)11-19-15-13(10-18)12-9-16(3,4)20-17(5,6)14(12)22-15/h11,20H,7-9H2,1-6H3/p+2. The van der Waals surface area contributed by atoms with E-state index < -0.39 is 0 Å². The Morgan fingerprint density at radius 2 is 1.95 bits per heavy atom. The first-order chi connectivity index (χ1) is 10.2. The smallest absolute Gasteiger partial charge is 0.237 e. The van der Waals surface area contributed by atoms with Gasteiger partial charge in [0, 0.05) is 12.0 Å². The highest BCUT2D eigenvalue weighted by Crippen LogP contribution is 2.41. The number of nitrogens with two attached hydrogens (primary N) is 1. The molecule has 22 heavy (non-hydrogen) atoms. The summed E-state index contributed by atoms with van der Waals surface area (Å²) in [5, 5.41) is 16.4. The average molecular weight is 321 g/mol. The predicted octanol–water partition coefficient (Wildman–Crippen LogP) is 2.25. The molecule has 120 valence electrons. The van der Waals surface area contributed by atoms with E-state index >= 15 is 0 Å². The van der Waals surface area contributed by atoms with Gasteiger partial charge >= 0.3 is 0 Å². The number of thiophene rings is 1. The van der Waals surface area contributed by atoms with Crippen LogP contribution in [0.5, 0.6) is 0 Å². The number of rotatable bonds is 4. The van der Waals surface area contributed by atoms with Crippen LogP contribution in [0.4, 0.5) is 5.00 Å². The topological polar surface area (TPSA) is 55.4 Å². The number of nitrogens with zero attached hydrogens (tertiary/aromatic N) is 2. The Morgan fingerprint density at radius 3 is 2.50 bits per heavy atom. The van der Waals surface area contributed by atoms with Crippen molar-refractivity contribution in [3.8, 4) is 6.07 Å². The lowest BCUT2D eigenvalue weighted by atomic mass is 9.81. The Balaban J connectivity index is 2.46. The molecule has 0 bridgehead atoms. The third-order valence-corrected chi connectivity index (χ3v) is 5.78. The van der Waals surface area contributed by atoms with Gasteiger partial charge in [-0.2, -0.15) is 5.26 Å². The average Bonchev–Trinajstić information content (AvgIpc) is 2.76. The number of fused-ring (bicyclic) bond motifs is 1. The minimum Gasteiger partial charge on any atom is -0.333 e. The number of anilines is 1. The Kier molecular flexibility index (Phi) is 4.65. The van der Waals surface area contributed by atoms with E-state index in [1.54, 1.807) is 11.3 Å². The van der Waals surface area contributed by atoms with Gasteiger partial charge in [0.1, 0.15) is 17.2 Å². The van der Waals surface area contributed by atoms with Crippen molar-refractivity contribution in [1.82, 2.24) is 0 Å². The van der Waals surface area contributed by atoms with E-state index in [9.17, 15) is 5.26 Å². The van der Waals surface area contributed by atoms with Gasteiger partial charge in [-0.1, -0.05) is 11.3 Å². The number of quaternary nitrogens is 1. The summed E-state index contributed by atoms with van der Waals surface area (Å²) in [6, 6.07) is 2.43. The molecule has 2 rings (SSSR count). The van der Waals surface area contributed by atoms with E-state index in [4.69, 9.17) is 0 Å². The van der Waals surface area contributed by atoms with Gasteiger partial charge in [-0.15, -0.1) is 0 Å². The van der Waals surface area contributed by atoms with Crippen molar-refractivity contribution in [3.63, 3.8) is 0 Å². The molecule has 3 N–H and O–H groups in total. The first-order valence-corrected chi connectivity index (χ1v) is 8.83. The zero-order valence-corrected chi connectivity index (χ0v) is 15.4. The van der Waals surface area contributed by atoms with Gasteiger partial charge in [0.25, 0.3) is 0 Å². The van der Waals surface area contributed by atoms with Gasteiger partial charge in [0.15, 0.2) is 5.00 Å². The molecule has 0 radical (unpaired) electrons. The van der Waals surface area contributed by atoms with Gasteiger partial charge < -0.3 is 5.32 Å². The number of hydrogen-bond acceptors (Lipinski definition) is 2. The molecule has 0 aliphatic carbocycles. The fourth-order valence-electron chi connectivity index (χ4n) is 3.48. The van der Waals surface area contributed by atoms with E-state index in [0.29, 0.717) is 0 Å². The van der Waals surface area contributed by atoms with Crippen LogP contribution in [0.1, 0.15) is 57.5 Å². The van der Waals surface area contributed by atoms with E-state index in [-0.39, 0.29) is 11.1 Å². The number of nitrogens with one attached hydrogen (secondary N) is 1. The summed E-state index contributed by atoms with van der Waals surface area (Å²) >= 11 is 1.73. The second kappa shape index (κ2) is 6.02. The quantitative estimate of drug-likeness (QED) is 0.508. The van der Waals surface area contributed by atoms with Gasteiger partial charge in [-0.05, 0) is 41.5 Å². The summed E-state index contributed by atoms with van der Waals surface area (Å²) < 4.78 is 2.20. The van der Waals surface area contributed by atoms with Crippen molar-refractivity contribution in [3.05, 3.63) is 16.0 Å². The van der Waals surface area contributed by atoms with E-state index in [0.717, 1.165) is 30.1 Å². The van der Waals surface area contributed by atoms with Crippen molar-refractivity contribution in [1.29, 1.82) is 5.26 Å². The maximum Gasteiger partial charge on any atom is 0.237 e. The number of nitriles is 1. The molecule has 0 unspecified atom stereocenters. The van der Waals surface area contributed by atoms with Crippen molar-refractivity contribution >= 4 is 22.7 Å². The monoisotopic (exact) mass is 320 g/mol. The van der Waals surface area contributed by atoms with Crippen LogP contribution in [0.2, 0.25) is 0 Å².